The minimum atomic E-state index is -0.602. The van der Waals surface area contributed by atoms with E-state index in [1.54, 1.807) is 18.2 Å². The second kappa shape index (κ2) is 8.94. The van der Waals surface area contributed by atoms with E-state index in [2.05, 4.69) is 5.32 Å². The number of carbonyl (C=O) groups is 3. The van der Waals surface area contributed by atoms with Crippen molar-refractivity contribution in [1.82, 2.24) is 0 Å². The Morgan fingerprint density at radius 2 is 1.77 bits per heavy atom. The van der Waals surface area contributed by atoms with Crippen molar-refractivity contribution < 1.29 is 19.1 Å². The number of nitrogens with one attached hydrogen (secondary N) is 1. The zero-order valence-electron chi connectivity index (χ0n) is 15.3. The maximum Gasteiger partial charge on any atom is 0.338 e. The molecule has 2 rings (SSSR count). The van der Waals surface area contributed by atoms with Crippen LogP contribution in [0.2, 0.25) is 0 Å². The summed E-state index contributed by atoms with van der Waals surface area (Å²) in [7, 11) is 0. The average Bonchev–Trinajstić information content (AvgIpc) is 2.64. The van der Waals surface area contributed by atoms with Crippen molar-refractivity contribution in [2.45, 2.75) is 33.6 Å². The second-order valence-electron chi connectivity index (χ2n) is 5.96. The van der Waals surface area contributed by atoms with Gasteiger partial charge in [0.2, 0.25) is 11.7 Å². The number of hydrogen-bond donors (Lipinski definition) is 1. The first-order chi connectivity index (χ1) is 12.4. The lowest BCUT2D eigenvalue weighted by Crippen LogP contribution is -2.16. The minimum absolute atomic E-state index is 0.219. The molecule has 5 heteroatoms. The molecule has 0 aromatic heterocycles. The highest BCUT2D eigenvalue weighted by molar-refractivity contribution is 6.01. The Morgan fingerprint density at radius 3 is 2.42 bits per heavy atom. The fraction of sp³-hybridized carbons (Fsp3) is 0.286. The van der Waals surface area contributed by atoms with E-state index < -0.39 is 5.97 Å². The van der Waals surface area contributed by atoms with E-state index in [-0.39, 0.29) is 23.9 Å². The number of benzene rings is 2. The maximum absolute atomic E-state index is 12.5. The molecule has 2 aromatic carbocycles. The molecule has 1 amide bonds. The lowest BCUT2D eigenvalue weighted by molar-refractivity contribution is -0.114. The highest BCUT2D eigenvalue weighted by atomic mass is 16.5. The number of carbonyl (C=O) groups excluding carboxylic acids is 3. The molecule has 0 atom stereocenters. The number of ether oxygens (including phenoxy) is 1. The van der Waals surface area contributed by atoms with E-state index in [4.69, 9.17) is 4.74 Å². The third-order valence-corrected chi connectivity index (χ3v) is 4.02. The first kappa shape index (κ1) is 19.4. The number of anilines is 1. The van der Waals surface area contributed by atoms with Crippen molar-refractivity contribution in [2.75, 3.05) is 11.9 Å². The highest BCUT2D eigenvalue weighted by Gasteiger charge is 2.15. The summed E-state index contributed by atoms with van der Waals surface area (Å²) < 4.78 is 5.18. The summed E-state index contributed by atoms with van der Waals surface area (Å²) in [6.07, 6.45) is 1.57. The molecule has 0 saturated carbocycles. The van der Waals surface area contributed by atoms with Crippen LogP contribution in [0, 0.1) is 0 Å². The monoisotopic (exact) mass is 353 g/mol. The molecule has 1 N–H and O–H groups in total. The Morgan fingerprint density at radius 1 is 1.00 bits per heavy atom. The molecule has 0 spiro atoms. The van der Waals surface area contributed by atoms with E-state index in [9.17, 15) is 14.4 Å². The number of esters is 1. The molecule has 2 aromatic rings. The summed E-state index contributed by atoms with van der Waals surface area (Å²) in [4.78, 5) is 35.8. The summed E-state index contributed by atoms with van der Waals surface area (Å²) in [5.74, 6) is -1.05. The van der Waals surface area contributed by atoms with Gasteiger partial charge in [-0.25, -0.2) is 4.79 Å². The minimum Gasteiger partial charge on any atom is -0.454 e. The molecule has 0 aliphatic heterocycles. The van der Waals surface area contributed by atoms with Gasteiger partial charge in [-0.3, -0.25) is 9.59 Å². The summed E-state index contributed by atoms with van der Waals surface area (Å²) in [6, 6.07) is 12.2. The van der Waals surface area contributed by atoms with Gasteiger partial charge in [0.05, 0.1) is 5.56 Å². The van der Waals surface area contributed by atoms with Crippen LogP contribution in [0.1, 0.15) is 52.6 Å². The lowest BCUT2D eigenvalue weighted by Gasteiger charge is -2.10. The Labute approximate surface area is 153 Å². The van der Waals surface area contributed by atoms with Crippen molar-refractivity contribution in [1.29, 1.82) is 0 Å². The molecule has 0 saturated heterocycles. The van der Waals surface area contributed by atoms with Gasteiger partial charge in [-0.05, 0) is 48.2 Å². The van der Waals surface area contributed by atoms with Crippen molar-refractivity contribution >= 4 is 23.3 Å². The quantitative estimate of drug-likeness (QED) is 0.607. The lowest BCUT2D eigenvalue weighted by atomic mass is 9.98. The Bertz CT molecular complexity index is 827. The molecule has 0 aliphatic carbocycles. The Hall–Kier alpha value is -2.95. The van der Waals surface area contributed by atoms with E-state index in [1.165, 1.54) is 13.0 Å². The number of aryl methyl sites for hydroxylation is 2. The van der Waals surface area contributed by atoms with Crippen LogP contribution in [-0.2, 0) is 22.4 Å². The number of ketones is 1. The van der Waals surface area contributed by atoms with E-state index >= 15 is 0 Å². The van der Waals surface area contributed by atoms with Crippen molar-refractivity contribution in [3.8, 4) is 0 Å². The van der Waals surface area contributed by atoms with Crippen molar-refractivity contribution in [2.24, 2.45) is 0 Å². The molecule has 0 radical (unpaired) electrons. The van der Waals surface area contributed by atoms with E-state index in [0.717, 1.165) is 24.0 Å². The summed E-state index contributed by atoms with van der Waals surface area (Å²) in [5.41, 5.74) is 3.40. The Balaban J connectivity index is 2.07. The second-order valence-corrected chi connectivity index (χ2v) is 5.96. The molecule has 0 bridgehead atoms. The van der Waals surface area contributed by atoms with Crippen LogP contribution < -0.4 is 5.32 Å². The predicted molar refractivity (Wildman–Crippen MR) is 101 cm³/mol. The maximum atomic E-state index is 12.5. The molecule has 136 valence electrons. The van der Waals surface area contributed by atoms with Gasteiger partial charge in [0.25, 0.3) is 0 Å². The molecule has 26 heavy (non-hydrogen) atoms. The van der Waals surface area contributed by atoms with Crippen LogP contribution in [0.25, 0.3) is 0 Å². The third kappa shape index (κ3) is 5.02. The van der Waals surface area contributed by atoms with E-state index in [0.29, 0.717) is 11.3 Å². The number of amides is 1. The summed E-state index contributed by atoms with van der Waals surface area (Å²) >= 11 is 0. The topological polar surface area (TPSA) is 72.5 Å². The van der Waals surface area contributed by atoms with Crippen LogP contribution >= 0.6 is 0 Å². The normalized spacial score (nSPS) is 10.3. The van der Waals surface area contributed by atoms with Crippen LogP contribution in [0.3, 0.4) is 0 Å². The molecule has 5 nitrogen and oxygen atoms in total. The molecular weight excluding hydrogens is 330 g/mol. The van der Waals surface area contributed by atoms with Gasteiger partial charge in [0, 0.05) is 18.2 Å². The molecule has 0 aliphatic rings. The molecule has 0 fully saturated rings. The van der Waals surface area contributed by atoms with Gasteiger partial charge >= 0.3 is 5.97 Å². The summed E-state index contributed by atoms with van der Waals surface area (Å²) in [5, 5.41) is 2.60. The number of rotatable bonds is 7. The van der Waals surface area contributed by atoms with Crippen LogP contribution in [0.4, 0.5) is 5.69 Å². The standard InChI is InChI=1S/C21H23NO4/c1-4-15-9-10-16(5-2)19(11-15)20(24)13-26-21(25)17-7-6-8-18(12-17)22-14(3)23/h6-12H,4-5,13H2,1-3H3,(H,22,23). The van der Waals surface area contributed by atoms with Gasteiger partial charge in [0.15, 0.2) is 6.61 Å². The van der Waals surface area contributed by atoms with Crippen LogP contribution in [-0.4, -0.2) is 24.3 Å². The fourth-order valence-corrected chi connectivity index (χ4v) is 2.63. The summed E-state index contributed by atoms with van der Waals surface area (Å²) in [6.45, 7) is 5.08. The molecule has 0 unspecified atom stereocenters. The van der Waals surface area contributed by atoms with Crippen molar-refractivity contribution in [3.63, 3.8) is 0 Å². The molecular formula is C21H23NO4. The third-order valence-electron chi connectivity index (χ3n) is 4.02. The van der Waals surface area contributed by atoms with E-state index in [1.807, 2.05) is 32.0 Å². The Kier molecular flexibility index (Phi) is 6.67. The highest BCUT2D eigenvalue weighted by Crippen LogP contribution is 2.16. The first-order valence-corrected chi connectivity index (χ1v) is 8.64. The zero-order valence-corrected chi connectivity index (χ0v) is 15.3. The van der Waals surface area contributed by atoms with Crippen molar-refractivity contribution in [3.05, 3.63) is 64.7 Å². The first-order valence-electron chi connectivity index (χ1n) is 8.64. The van der Waals surface area contributed by atoms with Gasteiger partial charge in [0.1, 0.15) is 0 Å². The number of Topliss-reactive ketones (excluding diaryl/α,β-unsaturated/α-hetero) is 1. The fourth-order valence-electron chi connectivity index (χ4n) is 2.63. The number of hydrogen-bond acceptors (Lipinski definition) is 4. The van der Waals surface area contributed by atoms with Gasteiger partial charge in [-0.1, -0.05) is 32.0 Å². The molecule has 0 heterocycles. The van der Waals surface area contributed by atoms with Crippen LogP contribution in [0.15, 0.2) is 42.5 Å². The van der Waals surface area contributed by atoms with Gasteiger partial charge in [-0.15, -0.1) is 0 Å². The predicted octanol–water partition coefficient (Wildman–Crippen LogP) is 3.81. The van der Waals surface area contributed by atoms with Gasteiger partial charge in [-0.2, -0.15) is 0 Å². The largest absolute Gasteiger partial charge is 0.454 e. The van der Waals surface area contributed by atoms with Crippen LogP contribution in [0.5, 0.6) is 0 Å². The SMILES string of the molecule is CCc1ccc(CC)c(C(=O)COC(=O)c2cccc(NC(C)=O)c2)c1. The zero-order chi connectivity index (χ0) is 19.1. The smallest absolute Gasteiger partial charge is 0.338 e. The van der Waals surface area contributed by atoms with Gasteiger partial charge < -0.3 is 10.1 Å². The average molecular weight is 353 g/mol.